The third kappa shape index (κ3) is 14.3. The first-order valence-corrected chi connectivity index (χ1v) is 8.59. The van der Waals surface area contributed by atoms with Gasteiger partial charge >= 0.3 is 0 Å². The molecule has 0 saturated heterocycles. The van der Waals surface area contributed by atoms with Crippen molar-refractivity contribution in [1.29, 1.82) is 0 Å². The number of ether oxygens (including phenoxy) is 1. The number of unbranched alkanes of at least 4 members (excludes halogenated alkanes) is 1. The lowest BCUT2D eigenvalue weighted by atomic mass is 10.1. The molecular weight excluding hydrogens is 326 g/mol. The molecule has 0 unspecified atom stereocenters. The highest BCUT2D eigenvalue weighted by Gasteiger charge is 2.18. The van der Waals surface area contributed by atoms with Crippen LogP contribution in [0.4, 0.5) is 0 Å². The second kappa shape index (κ2) is 12.6. The molecule has 9 heteroatoms. The fourth-order valence-corrected chi connectivity index (χ4v) is 2.10. The summed E-state index contributed by atoms with van der Waals surface area (Å²) < 4.78 is 6.01. The highest BCUT2D eigenvalue weighted by atomic mass is 16.5. The van der Waals surface area contributed by atoms with Crippen LogP contribution >= 0.6 is 0 Å². The molecule has 3 amide bonds. The third-order valence-corrected chi connectivity index (χ3v) is 3.42. The Bertz CT molecular complexity index is 423. The Morgan fingerprint density at radius 3 is 2.36 bits per heavy atom. The zero-order valence-corrected chi connectivity index (χ0v) is 15.7. The van der Waals surface area contributed by atoms with Gasteiger partial charge in [0.05, 0.1) is 34.3 Å². The number of quaternary nitrogens is 1. The van der Waals surface area contributed by atoms with Crippen molar-refractivity contribution in [3.05, 3.63) is 0 Å². The maximum absolute atomic E-state index is 11.8. The number of hydrogen-bond acceptors (Lipinski definition) is 5. The van der Waals surface area contributed by atoms with Crippen LogP contribution in [0.25, 0.3) is 0 Å². The molecule has 0 aromatic heterocycles. The lowest BCUT2D eigenvalue weighted by Gasteiger charge is -2.24. The molecule has 25 heavy (non-hydrogen) atoms. The Hall–Kier alpha value is -1.71. The van der Waals surface area contributed by atoms with E-state index in [9.17, 15) is 14.4 Å². The molecule has 0 aliphatic heterocycles. The van der Waals surface area contributed by atoms with Gasteiger partial charge in [0.1, 0.15) is 12.6 Å². The number of primary amides is 1. The van der Waals surface area contributed by atoms with Crippen LogP contribution in [0.2, 0.25) is 0 Å². The van der Waals surface area contributed by atoms with E-state index in [1.165, 1.54) is 0 Å². The molecule has 0 spiro atoms. The van der Waals surface area contributed by atoms with Gasteiger partial charge in [-0.05, 0) is 19.3 Å². The fourth-order valence-electron chi connectivity index (χ4n) is 2.10. The number of hydrogen-bond donors (Lipinski definition) is 4. The summed E-state index contributed by atoms with van der Waals surface area (Å²) in [4.78, 5) is 34.4. The van der Waals surface area contributed by atoms with Crippen LogP contribution in [0.15, 0.2) is 0 Å². The monoisotopic (exact) mass is 360 g/mol. The molecule has 0 aromatic rings. The highest BCUT2D eigenvalue weighted by Crippen LogP contribution is 2.04. The molecule has 1 atom stereocenters. The van der Waals surface area contributed by atoms with Crippen molar-refractivity contribution in [2.24, 2.45) is 11.5 Å². The second-order valence-electron chi connectivity index (χ2n) is 6.97. The Balaban J connectivity index is 3.93. The minimum absolute atomic E-state index is 0.154. The van der Waals surface area contributed by atoms with E-state index in [0.29, 0.717) is 19.5 Å². The van der Waals surface area contributed by atoms with Gasteiger partial charge in [-0.1, -0.05) is 0 Å². The van der Waals surface area contributed by atoms with Gasteiger partial charge in [0.2, 0.25) is 17.7 Å². The third-order valence-electron chi connectivity index (χ3n) is 3.42. The minimum atomic E-state index is -0.687. The van der Waals surface area contributed by atoms with E-state index in [1.807, 2.05) is 0 Å². The summed E-state index contributed by atoms with van der Waals surface area (Å²) in [6, 6.07) is -0.687. The van der Waals surface area contributed by atoms with Crippen molar-refractivity contribution in [3.63, 3.8) is 0 Å². The van der Waals surface area contributed by atoms with Gasteiger partial charge in [-0.3, -0.25) is 14.4 Å². The van der Waals surface area contributed by atoms with Crippen molar-refractivity contribution >= 4 is 17.7 Å². The normalized spacial score (nSPS) is 12.5. The minimum Gasteiger partial charge on any atom is -0.370 e. The van der Waals surface area contributed by atoms with Crippen molar-refractivity contribution < 1.29 is 23.6 Å². The molecule has 6 N–H and O–H groups in total. The van der Waals surface area contributed by atoms with Crippen molar-refractivity contribution in [1.82, 2.24) is 10.6 Å². The number of nitrogens with zero attached hydrogens (tertiary/aromatic N) is 1. The molecule has 9 nitrogen and oxygen atoms in total. The molecular formula is C16H34N5O4+. The predicted octanol–water partition coefficient (Wildman–Crippen LogP) is -1.69. The number of nitrogens with two attached hydrogens (primary N) is 2. The summed E-state index contributed by atoms with van der Waals surface area (Å²) >= 11 is 0. The topological polar surface area (TPSA) is 137 Å². The van der Waals surface area contributed by atoms with Gasteiger partial charge < -0.3 is 31.3 Å². The van der Waals surface area contributed by atoms with Crippen LogP contribution < -0.4 is 22.1 Å². The summed E-state index contributed by atoms with van der Waals surface area (Å²) in [5.74, 6) is -1.10. The quantitative estimate of drug-likeness (QED) is 0.216. The van der Waals surface area contributed by atoms with Crippen LogP contribution in [0, 0.1) is 0 Å². The zero-order valence-electron chi connectivity index (χ0n) is 15.7. The number of carbonyl (C=O) groups excluding carboxylic acids is 3. The summed E-state index contributed by atoms with van der Waals surface area (Å²) in [7, 11) is 6.30. The van der Waals surface area contributed by atoms with E-state index < -0.39 is 17.9 Å². The molecule has 0 bridgehead atoms. The fraction of sp³-hybridized carbons (Fsp3) is 0.812. The summed E-state index contributed by atoms with van der Waals surface area (Å²) in [5, 5.41) is 5.20. The van der Waals surface area contributed by atoms with E-state index in [0.717, 1.165) is 23.9 Å². The Morgan fingerprint density at radius 2 is 1.80 bits per heavy atom. The SMILES string of the molecule is C[N+](C)(C)CCCC[C@H](NC(=O)COCCNC(=O)CCN)C(N)=O. The van der Waals surface area contributed by atoms with Crippen LogP contribution in [0.5, 0.6) is 0 Å². The Labute approximate surface area is 150 Å². The van der Waals surface area contributed by atoms with Crippen LogP contribution in [-0.4, -0.2) is 82.2 Å². The van der Waals surface area contributed by atoms with Crippen LogP contribution in [0.1, 0.15) is 25.7 Å². The maximum Gasteiger partial charge on any atom is 0.246 e. The molecule has 146 valence electrons. The van der Waals surface area contributed by atoms with E-state index in [-0.39, 0.29) is 25.5 Å². The summed E-state index contributed by atoms with van der Waals surface area (Å²) in [6.07, 6.45) is 2.52. The molecule has 0 fully saturated rings. The standard InChI is InChI=1S/C16H33N5O4/c1-21(2,3)10-5-4-6-13(16(18)24)20-15(23)12-25-11-9-19-14(22)7-8-17/h13H,4-12,17H2,1-3H3,(H3-,18,19,20,22,23,24)/p+1/t13-/m0/s1. The molecule has 0 aromatic carbocycles. The molecule has 0 saturated carbocycles. The predicted molar refractivity (Wildman–Crippen MR) is 95.4 cm³/mol. The molecule has 0 heterocycles. The van der Waals surface area contributed by atoms with E-state index in [2.05, 4.69) is 31.8 Å². The highest BCUT2D eigenvalue weighted by molar-refractivity contribution is 5.86. The lowest BCUT2D eigenvalue weighted by molar-refractivity contribution is -0.870. The van der Waals surface area contributed by atoms with E-state index in [4.69, 9.17) is 16.2 Å². The van der Waals surface area contributed by atoms with Gasteiger partial charge in [0, 0.05) is 19.5 Å². The van der Waals surface area contributed by atoms with E-state index >= 15 is 0 Å². The summed E-state index contributed by atoms with van der Waals surface area (Å²) in [6.45, 7) is 1.59. The number of carbonyl (C=O) groups is 3. The maximum atomic E-state index is 11.8. The van der Waals surface area contributed by atoms with Crippen molar-refractivity contribution in [2.45, 2.75) is 31.7 Å². The average Bonchev–Trinajstić information content (AvgIpc) is 2.49. The molecule has 0 aliphatic carbocycles. The van der Waals surface area contributed by atoms with Crippen molar-refractivity contribution in [3.8, 4) is 0 Å². The number of nitrogens with one attached hydrogen (secondary N) is 2. The Morgan fingerprint density at radius 1 is 1.12 bits per heavy atom. The first-order valence-electron chi connectivity index (χ1n) is 8.59. The number of rotatable bonds is 14. The van der Waals surface area contributed by atoms with Gasteiger partial charge in [-0.25, -0.2) is 0 Å². The van der Waals surface area contributed by atoms with E-state index in [1.54, 1.807) is 0 Å². The zero-order chi connectivity index (χ0) is 19.3. The smallest absolute Gasteiger partial charge is 0.246 e. The largest absolute Gasteiger partial charge is 0.370 e. The van der Waals surface area contributed by atoms with Crippen LogP contribution in [-0.2, 0) is 19.1 Å². The van der Waals surface area contributed by atoms with Gasteiger partial charge in [0.25, 0.3) is 0 Å². The van der Waals surface area contributed by atoms with Gasteiger partial charge in [0.15, 0.2) is 0 Å². The first-order chi connectivity index (χ1) is 11.7. The van der Waals surface area contributed by atoms with Gasteiger partial charge in [-0.15, -0.1) is 0 Å². The van der Waals surface area contributed by atoms with Crippen LogP contribution in [0.3, 0.4) is 0 Å². The molecule has 0 aliphatic rings. The Kier molecular flexibility index (Phi) is 11.8. The summed E-state index contributed by atoms with van der Waals surface area (Å²) in [5.41, 5.74) is 10.6. The molecule has 0 rings (SSSR count). The lowest BCUT2D eigenvalue weighted by Crippen LogP contribution is -2.46. The second-order valence-corrected chi connectivity index (χ2v) is 6.97. The number of amides is 3. The average molecular weight is 360 g/mol. The first kappa shape index (κ1) is 23.3. The van der Waals surface area contributed by atoms with Gasteiger partial charge in [-0.2, -0.15) is 0 Å². The van der Waals surface area contributed by atoms with Crippen molar-refractivity contribution in [2.75, 3.05) is 54.0 Å². The molecule has 0 radical (unpaired) electrons.